The van der Waals surface area contributed by atoms with Crippen LogP contribution >= 0.6 is 11.8 Å². The number of benzene rings is 2. The van der Waals surface area contributed by atoms with Crippen molar-refractivity contribution in [2.75, 3.05) is 11.1 Å². The minimum Gasteiger partial charge on any atom is -0.481 e. The van der Waals surface area contributed by atoms with Gasteiger partial charge < -0.3 is 19.9 Å². The third kappa shape index (κ3) is 6.80. The first-order chi connectivity index (χ1) is 16.4. The Bertz CT molecular complexity index is 1120. The Morgan fingerprint density at radius 1 is 1.12 bits per heavy atom. The second kappa shape index (κ2) is 12.2. The van der Waals surface area contributed by atoms with E-state index in [1.54, 1.807) is 19.1 Å². The van der Waals surface area contributed by atoms with Gasteiger partial charge in [0.05, 0.1) is 18.0 Å². The number of halogens is 1. The fraction of sp³-hybridized carbons (Fsp3) is 0.333. The highest BCUT2D eigenvalue weighted by Gasteiger charge is 2.18. The Morgan fingerprint density at radius 2 is 1.85 bits per heavy atom. The van der Waals surface area contributed by atoms with Crippen LogP contribution in [0.1, 0.15) is 32.2 Å². The topological polar surface area (TPSA) is 98.1 Å². The zero-order chi connectivity index (χ0) is 24.5. The number of thioether (sulfide) groups is 1. The van der Waals surface area contributed by atoms with Crippen LogP contribution in [0, 0.1) is 5.82 Å². The minimum atomic E-state index is -0.679. The van der Waals surface area contributed by atoms with Crippen molar-refractivity contribution in [3.05, 3.63) is 65.7 Å². The lowest BCUT2D eigenvalue weighted by Crippen LogP contribution is -2.36. The molecule has 3 rings (SSSR count). The molecule has 8 nitrogen and oxygen atoms in total. The molecule has 0 bridgehead atoms. The quantitative estimate of drug-likeness (QED) is 0.401. The first-order valence-electron chi connectivity index (χ1n) is 11.0. The van der Waals surface area contributed by atoms with Crippen LogP contribution in [-0.4, -0.2) is 38.4 Å². The Labute approximate surface area is 202 Å². The molecule has 0 fully saturated rings. The number of rotatable bonds is 11. The van der Waals surface area contributed by atoms with Crippen LogP contribution in [0.5, 0.6) is 5.75 Å². The third-order valence-electron chi connectivity index (χ3n) is 5.02. The van der Waals surface area contributed by atoms with Gasteiger partial charge in [0, 0.05) is 6.54 Å². The van der Waals surface area contributed by atoms with E-state index in [1.165, 1.54) is 29.5 Å². The number of hydrogen-bond donors (Lipinski definition) is 2. The van der Waals surface area contributed by atoms with Gasteiger partial charge in [-0.25, -0.2) is 4.39 Å². The number of amides is 2. The summed E-state index contributed by atoms with van der Waals surface area (Å²) < 4.78 is 21.2. The van der Waals surface area contributed by atoms with Crippen LogP contribution in [0.25, 0.3) is 0 Å². The summed E-state index contributed by atoms with van der Waals surface area (Å²) in [6, 6.07) is 13.6. The van der Waals surface area contributed by atoms with E-state index in [0.717, 1.165) is 6.42 Å². The highest BCUT2D eigenvalue weighted by Crippen LogP contribution is 2.19. The van der Waals surface area contributed by atoms with Crippen molar-refractivity contribution in [3.63, 3.8) is 0 Å². The molecule has 3 aromatic rings. The standard InChI is InChI=1S/C24H28FN5O3S/c1-4-17-10-12-18(13-11-17)33-16(3)23(32)26-14-21-28-29-24(30(21)5-2)34-15-22(31)27-20-9-7-6-8-19(20)25/h6-13,16H,4-5,14-15H2,1-3H3,(H,26,32)(H,27,31)/t16-/m1/s1. The maximum atomic E-state index is 13.7. The summed E-state index contributed by atoms with van der Waals surface area (Å²) in [6.45, 7) is 6.41. The molecule has 2 amide bonds. The summed E-state index contributed by atoms with van der Waals surface area (Å²) >= 11 is 1.19. The van der Waals surface area contributed by atoms with Crippen molar-refractivity contribution < 1.29 is 18.7 Å². The Balaban J connectivity index is 1.51. The molecule has 0 saturated carbocycles. The van der Waals surface area contributed by atoms with Crippen LogP contribution < -0.4 is 15.4 Å². The molecule has 2 aromatic carbocycles. The molecule has 34 heavy (non-hydrogen) atoms. The number of aryl methyl sites for hydroxylation is 1. The average molecular weight is 486 g/mol. The van der Waals surface area contributed by atoms with Crippen molar-refractivity contribution in [3.8, 4) is 5.75 Å². The van der Waals surface area contributed by atoms with Crippen LogP contribution in [0.3, 0.4) is 0 Å². The van der Waals surface area contributed by atoms with E-state index in [-0.39, 0.29) is 29.8 Å². The van der Waals surface area contributed by atoms with Crippen LogP contribution in [0.2, 0.25) is 0 Å². The number of ether oxygens (including phenoxy) is 1. The first kappa shape index (κ1) is 25.2. The first-order valence-corrected chi connectivity index (χ1v) is 12.0. The molecule has 2 N–H and O–H groups in total. The number of aromatic nitrogens is 3. The SMILES string of the molecule is CCc1ccc(O[C@H](C)C(=O)NCc2nnc(SCC(=O)Nc3ccccc3F)n2CC)cc1. The van der Waals surface area contributed by atoms with Gasteiger partial charge >= 0.3 is 0 Å². The number of carbonyl (C=O) groups excluding carboxylic acids is 2. The number of hydrogen-bond acceptors (Lipinski definition) is 6. The molecule has 0 aliphatic rings. The minimum absolute atomic E-state index is 0.0422. The molecular weight excluding hydrogens is 457 g/mol. The van der Waals surface area contributed by atoms with Crippen LogP contribution in [0.15, 0.2) is 53.7 Å². The fourth-order valence-corrected chi connectivity index (χ4v) is 3.95. The number of nitrogens with zero attached hydrogens (tertiary/aromatic N) is 3. The van der Waals surface area contributed by atoms with E-state index < -0.39 is 11.9 Å². The molecule has 1 atom stereocenters. The lowest BCUT2D eigenvalue weighted by atomic mass is 10.2. The van der Waals surface area contributed by atoms with Gasteiger partial charge in [-0.15, -0.1) is 10.2 Å². The molecule has 0 aliphatic carbocycles. The molecular formula is C24H28FN5O3S. The zero-order valence-corrected chi connectivity index (χ0v) is 20.2. The van der Waals surface area contributed by atoms with Crippen molar-refractivity contribution >= 4 is 29.3 Å². The summed E-state index contributed by atoms with van der Waals surface area (Å²) in [6.07, 6.45) is 0.256. The number of carbonyl (C=O) groups is 2. The normalized spacial score (nSPS) is 11.6. The zero-order valence-electron chi connectivity index (χ0n) is 19.4. The summed E-state index contributed by atoms with van der Waals surface area (Å²) in [4.78, 5) is 24.7. The molecule has 1 aromatic heterocycles. The second-order valence-corrected chi connectivity index (χ2v) is 8.38. The van der Waals surface area contributed by atoms with Crippen molar-refractivity contribution in [1.82, 2.24) is 20.1 Å². The van der Waals surface area contributed by atoms with Gasteiger partial charge in [-0.3, -0.25) is 9.59 Å². The predicted molar refractivity (Wildman–Crippen MR) is 129 cm³/mol. The number of para-hydroxylation sites is 1. The molecule has 10 heteroatoms. The Hall–Kier alpha value is -3.40. The van der Waals surface area contributed by atoms with Gasteiger partial charge in [0.15, 0.2) is 17.1 Å². The summed E-state index contributed by atoms with van der Waals surface area (Å²) in [5.74, 6) is 0.112. The van der Waals surface area contributed by atoms with E-state index in [9.17, 15) is 14.0 Å². The summed E-state index contributed by atoms with van der Waals surface area (Å²) in [5, 5.41) is 14.2. The maximum Gasteiger partial charge on any atom is 0.261 e. The van der Waals surface area contributed by atoms with Gasteiger partial charge in [-0.2, -0.15) is 0 Å². The monoisotopic (exact) mass is 485 g/mol. The maximum absolute atomic E-state index is 13.7. The van der Waals surface area contributed by atoms with Crippen LogP contribution in [0.4, 0.5) is 10.1 Å². The van der Waals surface area contributed by atoms with Gasteiger partial charge in [-0.1, -0.05) is 43.0 Å². The van der Waals surface area contributed by atoms with Gasteiger partial charge in [-0.05, 0) is 50.1 Å². The van der Waals surface area contributed by atoms with Crippen molar-refractivity contribution in [1.29, 1.82) is 0 Å². The van der Waals surface area contributed by atoms with E-state index in [4.69, 9.17) is 4.74 Å². The third-order valence-corrected chi connectivity index (χ3v) is 5.99. The van der Waals surface area contributed by atoms with Crippen molar-refractivity contribution in [2.45, 2.75) is 51.5 Å². The van der Waals surface area contributed by atoms with E-state index in [1.807, 2.05) is 35.8 Å². The molecule has 0 radical (unpaired) electrons. The van der Waals surface area contributed by atoms with Crippen LogP contribution in [-0.2, 0) is 29.1 Å². The van der Waals surface area contributed by atoms with Gasteiger partial charge in [0.1, 0.15) is 11.6 Å². The molecule has 0 saturated heterocycles. The number of anilines is 1. The van der Waals surface area contributed by atoms with E-state index in [2.05, 4.69) is 27.8 Å². The Kier molecular flexibility index (Phi) is 9.03. The lowest BCUT2D eigenvalue weighted by Gasteiger charge is -2.15. The number of nitrogens with one attached hydrogen (secondary N) is 2. The fourth-order valence-electron chi connectivity index (χ4n) is 3.12. The van der Waals surface area contributed by atoms with E-state index in [0.29, 0.717) is 23.3 Å². The second-order valence-electron chi connectivity index (χ2n) is 7.44. The summed E-state index contributed by atoms with van der Waals surface area (Å²) in [5.41, 5.74) is 1.33. The molecule has 0 spiro atoms. The van der Waals surface area contributed by atoms with E-state index >= 15 is 0 Å². The Morgan fingerprint density at radius 3 is 2.53 bits per heavy atom. The molecule has 0 aliphatic heterocycles. The average Bonchev–Trinajstić information content (AvgIpc) is 3.24. The predicted octanol–water partition coefficient (Wildman–Crippen LogP) is 3.81. The summed E-state index contributed by atoms with van der Waals surface area (Å²) in [7, 11) is 0. The highest BCUT2D eigenvalue weighted by molar-refractivity contribution is 7.99. The molecule has 180 valence electrons. The van der Waals surface area contributed by atoms with Crippen molar-refractivity contribution in [2.24, 2.45) is 0 Å². The smallest absolute Gasteiger partial charge is 0.261 e. The lowest BCUT2D eigenvalue weighted by molar-refractivity contribution is -0.127. The van der Waals surface area contributed by atoms with Gasteiger partial charge in [0.25, 0.3) is 5.91 Å². The molecule has 1 heterocycles. The van der Waals surface area contributed by atoms with Gasteiger partial charge in [0.2, 0.25) is 5.91 Å². The largest absolute Gasteiger partial charge is 0.481 e. The molecule has 0 unspecified atom stereocenters. The highest BCUT2D eigenvalue weighted by atomic mass is 32.2.